The van der Waals surface area contributed by atoms with Crippen molar-refractivity contribution in [3.8, 4) is 23.3 Å². The average Bonchev–Trinajstić information content (AvgIpc) is 3.58. The third kappa shape index (κ3) is 4.51. The Bertz CT molecular complexity index is 1700. The highest BCUT2D eigenvalue weighted by Gasteiger charge is 2.40. The molecule has 1 aliphatic carbocycles. The molecule has 2 aliphatic rings. The van der Waals surface area contributed by atoms with Crippen molar-refractivity contribution >= 4 is 22.9 Å². The fourth-order valence-electron chi connectivity index (χ4n) is 4.78. The van der Waals surface area contributed by atoms with Gasteiger partial charge in [-0.25, -0.2) is 14.8 Å². The summed E-state index contributed by atoms with van der Waals surface area (Å²) < 4.78 is 8.85. The standard InChI is InChI=1S/C28H26N8O3/c29-15-18(14-28(31)11-12-28)26(37)34-13-10-20(34)16-35-25-23(24(30)32-17-33-25)36(27(35)38)19-6-8-22(9-7-19)39-21-4-2-1-3-5-21/h1-9,14,17,20H,10-13,16,31H2,(H2,30,32,33). The molecule has 39 heavy (non-hydrogen) atoms. The van der Waals surface area contributed by atoms with Gasteiger partial charge in [0.15, 0.2) is 11.5 Å². The fourth-order valence-corrected chi connectivity index (χ4v) is 4.78. The Labute approximate surface area is 223 Å². The minimum atomic E-state index is -0.568. The number of carbonyl (C=O) groups excluding carboxylic acids is 1. The lowest BCUT2D eigenvalue weighted by Gasteiger charge is -2.41. The van der Waals surface area contributed by atoms with Crippen molar-refractivity contribution < 1.29 is 9.53 Å². The quantitative estimate of drug-likeness (QED) is 0.277. The Morgan fingerprint density at radius 3 is 2.49 bits per heavy atom. The van der Waals surface area contributed by atoms with Crippen LogP contribution >= 0.6 is 0 Å². The smallest absolute Gasteiger partial charge is 0.335 e. The first-order chi connectivity index (χ1) is 18.9. The third-order valence-corrected chi connectivity index (χ3v) is 7.21. The number of benzene rings is 2. The van der Waals surface area contributed by atoms with Crippen LogP contribution in [0.4, 0.5) is 5.82 Å². The number of para-hydroxylation sites is 1. The maximum atomic E-state index is 13.7. The molecule has 2 aromatic heterocycles. The van der Waals surface area contributed by atoms with E-state index in [4.69, 9.17) is 16.2 Å². The number of fused-ring (bicyclic) bond motifs is 1. The Hall–Kier alpha value is -4.95. The van der Waals surface area contributed by atoms with E-state index < -0.39 is 5.54 Å². The van der Waals surface area contributed by atoms with Crippen LogP contribution in [0.2, 0.25) is 0 Å². The summed E-state index contributed by atoms with van der Waals surface area (Å²) in [6.45, 7) is 0.694. The average molecular weight is 523 g/mol. The molecule has 0 spiro atoms. The van der Waals surface area contributed by atoms with E-state index in [-0.39, 0.29) is 35.6 Å². The molecule has 2 fully saturated rings. The summed E-state index contributed by atoms with van der Waals surface area (Å²) in [5.41, 5.74) is 12.7. The molecule has 1 unspecified atom stereocenters. The van der Waals surface area contributed by atoms with Crippen molar-refractivity contribution in [3.63, 3.8) is 0 Å². The SMILES string of the molecule is N#CC(=CC1(N)CC1)C(=O)N1CCC1Cn1c(=O)n(-c2ccc(Oc3ccccc3)cc2)c2c(N)ncnc21. The molecule has 4 aromatic rings. The van der Waals surface area contributed by atoms with Crippen LogP contribution in [-0.4, -0.2) is 48.0 Å². The zero-order valence-corrected chi connectivity index (χ0v) is 21.0. The van der Waals surface area contributed by atoms with Crippen LogP contribution in [0.3, 0.4) is 0 Å². The molecule has 6 rings (SSSR count). The number of aromatic nitrogens is 4. The molecule has 1 saturated heterocycles. The van der Waals surface area contributed by atoms with Gasteiger partial charge in [-0.3, -0.25) is 13.9 Å². The normalized spacial score (nSPS) is 17.9. The number of nitriles is 1. The van der Waals surface area contributed by atoms with E-state index in [2.05, 4.69) is 9.97 Å². The largest absolute Gasteiger partial charge is 0.457 e. The third-order valence-electron chi connectivity index (χ3n) is 7.21. The number of anilines is 1. The van der Waals surface area contributed by atoms with Crippen LogP contribution in [0, 0.1) is 11.3 Å². The number of nitrogens with two attached hydrogens (primary N) is 2. The minimum Gasteiger partial charge on any atom is -0.457 e. The first-order valence-corrected chi connectivity index (χ1v) is 12.6. The summed E-state index contributed by atoms with van der Waals surface area (Å²) in [6.07, 6.45) is 5.07. The van der Waals surface area contributed by atoms with E-state index in [9.17, 15) is 14.9 Å². The van der Waals surface area contributed by atoms with E-state index in [1.807, 2.05) is 36.4 Å². The van der Waals surface area contributed by atoms with Gasteiger partial charge in [0, 0.05) is 18.6 Å². The van der Waals surface area contributed by atoms with Crippen LogP contribution < -0.4 is 21.9 Å². The highest BCUT2D eigenvalue weighted by molar-refractivity contribution is 5.98. The van der Waals surface area contributed by atoms with E-state index in [0.717, 1.165) is 12.8 Å². The molecule has 4 N–H and O–H groups in total. The van der Waals surface area contributed by atoms with Gasteiger partial charge in [0.1, 0.15) is 35.0 Å². The second kappa shape index (κ2) is 9.41. The molecule has 1 aliphatic heterocycles. The van der Waals surface area contributed by atoms with Gasteiger partial charge in [-0.1, -0.05) is 18.2 Å². The van der Waals surface area contributed by atoms with E-state index >= 15 is 0 Å². The number of likely N-dealkylation sites (tertiary alicyclic amines) is 1. The Balaban J connectivity index is 1.31. The number of nitrogen functional groups attached to an aromatic ring is 1. The molecule has 11 heteroatoms. The monoisotopic (exact) mass is 522 g/mol. The number of hydrogen-bond donors (Lipinski definition) is 2. The number of ether oxygens (including phenoxy) is 1. The Morgan fingerprint density at radius 2 is 1.85 bits per heavy atom. The molecule has 2 aromatic carbocycles. The molecule has 0 radical (unpaired) electrons. The van der Waals surface area contributed by atoms with Gasteiger partial charge in [0.25, 0.3) is 5.91 Å². The fraction of sp³-hybridized carbons (Fsp3) is 0.250. The van der Waals surface area contributed by atoms with Gasteiger partial charge in [0.2, 0.25) is 0 Å². The van der Waals surface area contributed by atoms with E-state index in [1.165, 1.54) is 15.5 Å². The van der Waals surface area contributed by atoms with Gasteiger partial charge in [-0.05, 0) is 61.7 Å². The molecular weight excluding hydrogens is 496 g/mol. The van der Waals surface area contributed by atoms with Crippen molar-refractivity contribution in [1.29, 1.82) is 5.26 Å². The van der Waals surface area contributed by atoms with Crippen LogP contribution in [0.5, 0.6) is 11.5 Å². The van der Waals surface area contributed by atoms with E-state index in [0.29, 0.717) is 41.3 Å². The second-order valence-corrected chi connectivity index (χ2v) is 9.91. The lowest BCUT2D eigenvalue weighted by atomic mass is 10.0. The lowest BCUT2D eigenvalue weighted by Crippen LogP contribution is -2.54. The predicted molar refractivity (Wildman–Crippen MR) is 144 cm³/mol. The highest BCUT2D eigenvalue weighted by atomic mass is 16.5. The van der Waals surface area contributed by atoms with Crippen LogP contribution in [0.1, 0.15) is 19.3 Å². The maximum absolute atomic E-state index is 13.7. The van der Waals surface area contributed by atoms with Gasteiger partial charge >= 0.3 is 5.69 Å². The molecule has 196 valence electrons. The van der Waals surface area contributed by atoms with Crippen molar-refractivity contribution in [2.45, 2.75) is 37.4 Å². The molecule has 0 bridgehead atoms. The summed E-state index contributed by atoms with van der Waals surface area (Å²) >= 11 is 0. The summed E-state index contributed by atoms with van der Waals surface area (Å²) in [6, 6.07) is 18.2. The number of rotatable bonds is 7. The zero-order valence-electron chi connectivity index (χ0n) is 21.0. The minimum absolute atomic E-state index is 0.0406. The molecular formula is C28H26N8O3. The number of amides is 1. The molecule has 3 heterocycles. The molecule has 11 nitrogen and oxygen atoms in total. The number of imidazole rings is 1. The van der Waals surface area contributed by atoms with Gasteiger partial charge in [-0.15, -0.1) is 0 Å². The second-order valence-electron chi connectivity index (χ2n) is 9.91. The van der Waals surface area contributed by atoms with Crippen molar-refractivity contribution in [2.75, 3.05) is 12.3 Å². The predicted octanol–water partition coefficient (Wildman–Crippen LogP) is 2.50. The van der Waals surface area contributed by atoms with Gasteiger partial charge in [-0.2, -0.15) is 5.26 Å². The number of hydrogen-bond acceptors (Lipinski definition) is 8. The first kappa shape index (κ1) is 24.4. The topological polar surface area (TPSA) is 158 Å². The summed E-state index contributed by atoms with van der Waals surface area (Å²) in [7, 11) is 0. The van der Waals surface area contributed by atoms with Gasteiger partial charge in [0.05, 0.1) is 11.7 Å². The Kier molecular flexibility index (Phi) is 5.89. The summed E-state index contributed by atoms with van der Waals surface area (Å²) in [4.78, 5) is 36.9. The number of nitrogens with zero attached hydrogens (tertiary/aromatic N) is 6. The molecule has 1 amide bonds. The summed E-state index contributed by atoms with van der Waals surface area (Å²) in [5.74, 6) is 1.10. The molecule has 1 saturated carbocycles. The van der Waals surface area contributed by atoms with E-state index in [1.54, 1.807) is 35.2 Å². The van der Waals surface area contributed by atoms with Crippen LogP contribution in [-0.2, 0) is 11.3 Å². The first-order valence-electron chi connectivity index (χ1n) is 12.6. The van der Waals surface area contributed by atoms with Crippen molar-refractivity contribution in [2.24, 2.45) is 5.73 Å². The lowest BCUT2D eigenvalue weighted by molar-refractivity contribution is -0.134. The van der Waals surface area contributed by atoms with Crippen molar-refractivity contribution in [1.82, 2.24) is 24.0 Å². The van der Waals surface area contributed by atoms with Crippen LogP contribution in [0.15, 0.2) is 77.4 Å². The number of carbonyl (C=O) groups is 1. The highest BCUT2D eigenvalue weighted by Crippen LogP contribution is 2.35. The van der Waals surface area contributed by atoms with Crippen molar-refractivity contribution in [3.05, 3.63) is 83.1 Å². The Morgan fingerprint density at radius 1 is 1.13 bits per heavy atom. The summed E-state index contributed by atoms with van der Waals surface area (Å²) in [5, 5.41) is 9.56. The zero-order chi connectivity index (χ0) is 27.1. The molecule has 1 atom stereocenters. The van der Waals surface area contributed by atoms with Gasteiger partial charge < -0.3 is 21.1 Å². The van der Waals surface area contributed by atoms with Crippen LogP contribution in [0.25, 0.3) is 16.9 Å². The maximum Gasteiger partial charge on any atom is 0.335 e.